The van der Waals surface area contributed by atoms with Gasteiger partial charge in [0.1, 0.15) is 23.2 Å². The molecule has 0 amide bonds. The molecule has 2 atom stereocenters. The number of aliphatic hydroxyl groups excluding tert-OH is 1. The molecule has 0 fully saturated rings. The Bertz CT molecular complexity index is 481. The Morgan fingerprint density at radius 3 is 2.74 bits per heavy atom. The largest absolute Gasteiger partial charge is 0.508 e. The number of carbonyl (C=O) groups excluding carboxylic acids is 1. The lowest BCUT2D eigenvalue weighted by atomic mass is 9.94. The Hall–Kier alpha value is -1.75. The molecule has 1 aliphatic rings. The van der Waals surface area contributed by atoms with Gasteiger partial charge in [-0.1, -0.05) is 0 Å². The topological polar surface area (TPSA) is 87.0 Å². The van der Waals surface area contributed by atoms with E-state index >= 15 is 0 Å². The van der Waals surface area contributed by atoms with Crippen LogP contribution in [0.4, 0.5) is 0 Å². The number of phenols is 2. The fourth-order valence-electron chi connectivity index (χ4n) is 2.34. The van der Waals surface area contributed by atoms with Crippen molar-refractivity contribution >= 4 is 5.97 Å². The van der Waals surface area contributed by atoms with Crippen LogP contribution in [0.5, 0.6) is 11.5 Å². The van der Waals surface area contributed by atoms with Crippen molar-refractivity contribution < 1.29 is 24.9 Å². The van der Waals surface area contributed by atoms with Gasteiger partial charge in [0, 0.05) is 12.0 Å². The van der Waals surface area contributed by atoms with Gasteiger partial charge in [-0.05, 0) is 38.3 Å². The van der Waals surface area contributed by atoms with E-state index in [1.165, 1.54) is 12.1 Å². The second-order valence-electron chi connectivity index (χ2n) is 4.97. The number of fused-ring (bicyclic) bond motifs is 1. The minimum Gasteiger partial charge on any atom is -0.508 e. The maximum absolute atomic E-state index is 11.8. The number of esters is 1. The fraction of sp³-hybridized carbons (Fsp3) is 0.500. The maximum Gasteiger partial charge on any atom is 0.342 e. The molecule has 1 aliphatic heterocycles. The number of phenolic OH excluding ortho intramolecular Hbond substituents is 2. The maximum atomic E-state index is 11.8. The van der Waals surface area contributed by atoms with Crippen molar-refractivity contribution in [3.05, 3.63) is 23.3 Å². The Balaban J connectivity index is 2.11. The number of rotatable bonds is 4. The molecule has 1 aromatic carbocycles. The zero-order chi connectivity index (χ0) is 14.0. The van der Waals surface area contributed by atoms with Crippen LogP contribution in [0.2, 0.25) is 0 Å². The number of cyclic esters (lactones) is 1. The molecular weight excluding hydrogens is 248 g/mol. The van der Waals surface area contributed by atoms with Crippen molar-refractivity contribution in [3.63, 3.8) is 0 Å². The van der Waals surface area contributed by atoms with E-state index in [9.17, 15) is 20.1 Å². The quantitative estimate of drug-likeness (QED) is 0.570. The highest BCUT2D eigenvalue weighted by atomic mass is 16.5. The van der Waals surface area contributed by atoms with Crippen molar-refractivity contribution in [1.82, 2.24) is 0 Å². The first kappa shape index (κ1) is 13.7. The lowest BCUT2D eigenvalue weighted by molar-refractivity contribution is 0.0217. The van der Waals surface area contributed by atoms with E-state index in [2.05, 4.69) is 0 Å². The van der Waals surface area contributed by atoms with Gasteiger partial charge in [-0.2, -0.15) is 0 Å². The Morgan fingerprint density at radius 2 is 2.05 bits per heavy atom. The highest BCUT2D eigenvalue weighted by molar-refractivity contribution is 5.96. The van der Waals surface area contributed by atoms with Crippen molar-refractivity contribution in [2.45, 2.75) is 44.8 Å². The predicted molar refractivity (Wildman–Crippen MR) is 68.2 cm³/mol. The van der Waals surface area contributed by atoms with E-state index in [1.54, 1.807) is 6.92 Å². The number of hydrogen-bond acceptors (Lipinski definition) is 5. The third-order valence-corrected chi connectivity index (χ3v) is 3.32. The number of aliphatic hydroxyl groups is 1. The standard InChI is InChI=1S/C14H18O5/c1-8(15)3-2-4-9-7-10-11(16)5-6-12(17)13(10)14(18)19-9/h5-6,8-9,15-17H,2-4,7H2,1H3/t8-,9-/m1/s1. The first-order valence-electron chi connectivity index (χ1n) is 6.42. The van der Waals surface area contributed by atoms with Gasteiger partial charge in [0.05, 0.1) is 6.10 Å². The molecule has 0 saturated heterocycles. The number of aromatic hydroxyl groups is 2. The molecule has 0 saturated carbocycles. The summed E-state index contributed by atoms with van der Waals surface area (Å²) in [5.41, 5.74) is 0.505. The molecule has 5 heteroatoms. The molecule has 0 aliphatic carbocycles. The minimum absolute atomic E-state index is 0.00461. The molecule has 0 spiro atoms. The molecule has 0 unspecified atom stereocenters. The molecule has 19 heavy (non-hydrogen) atoms. The molecule has 1 heterocycles. The van der Waals surface area contributed by atoms with Crippen molar-refractivity contribution in [2.24, 2.45) is 0 Å². The van der Waals surface area contributed by atoms with Crippen LogP contribution in [-0.4, -0.2) is 33.5 Å². The van der Waals surface area contributed by atoms with E-state index in [4.69, 9.17) is 4.74 Å². The molecule has 0 radical (unpaired) electrons. The van der Waals surface area contributed by atoms with Crippen LogP contribution in [-0.2, 0) is 11.2 Å². The Morgan fingerprint density at radius 1 is 1.37 bits per heavy atom. The zero-order valence-electron chi connectivity index (χ0n) is 10.8. The molecule has 2 rings (SSSR count). The minimum atomic E-state index is -0.600. The van der Waals surface area contributed by atoms with Gasteiger partial charge < -0.3 is 20.1 Å². The highest BCUT2D eigenvalue weighted by Gasteiger charge is 2.30. The summed E-state index contributed by atoms with van der Waals surface area (Å²) in [6, 6.07) is 2.66. The fourth-order valence-corrected chi connectivity index (χ4v) is 2.34. The summed E-state index contributed by atoms with van der Waals surface area (Å²) in [6.07, 6.45) is 1.72. The SMILES string of the molecule is C[C@@H](O)CCC[C@@H]1Cc2c(O)ccc(O)c2C(=O)O1. The summed E-state index contributed by atoms with van der Waals surface area (Å²) >= 11 is 0. The van der Waals surface area contributed by atoms with Crippen LogP contribution in [0.15, 0.2) is 12.1 Å². The highest BCUT2D eigenvalue weighted by Crippen LogP contribution is 2.35. The first-order chi connectivity index (χ1) is 8.99. The zero-order valence-corrected chi connectivity index (χ0v) is 10.8. The second kappa shape index (κ2) is 5.48. The van der Waals surface area contributed by atoms with Crippen LogP contribution in [0.3, 0.4) is 0 Å². The van der Waals surface area contributed by atoms with E-state index in [0.29, 0.717) is 24.8 Å². The van der Waals surface area contributed by atoms with Crippen LogP contribution < -0.4 is 0 Å². The molecular formula is C14H18O5. The van der Waals surface area contributed by atoms with E-state index in [1.807, 2.05) is 0 Å². The summed E-state index contributed by atoms with van der Waals surface area (Å²) in [4.78, 5) is 11.8. The van der Waals surface area contributed by atoms with E-state index in [0.717, 1.165) is 6.42 Å². The third kappa shape index (κ3) is 2.98. The second-order valence-corrected chi connectivity index (χ2v) is 4.97. The van der Waals surface area contributed by atoms with Gasteiger partial charge in [0.15, 0.2) is 0 Å². The summed E-state index contributed by atoms with van der Waals surface area (Å²) in [5.74, 6) is -0.762. The van der Waals surface area contributed by atoms with Gasteiger partial charge in [0.2, 0.25) is 0 Å². The molecule has 0 bridgehead atoms. The summed E-state index contributed by atoms with van der Waals surface area (Å²) in [5, 5.41) is 28.6. The van der Waals surface area contributed by atoms with Gasteiger partial charge in [-0.25, -0.2) is 4.79 Å². The van der Waals surface area contributed by atoms with Crippen LogP contribution in [0, 0.1) is 0 Å². The van der Waals surface area contributed by atoms with Gasteiger partial charge in [0.25, 0.3) is 0 Å². The average molecular weight is 266 g/mol. The van der Waals surface area contributed by atoms with Crippen LogP contribution in [0.1, 0.15) is 42.1 Å². The van der Waals surface area contributed by atoms with Gasteiger partial charge >= 0.3 is 5.97 Å². The van der Waals surface area contributed by atoms with Gasteiger partial charge in [-0.15, -0.1) is 0 Å². The predicted octanol–water partition coefficient (Wildman–Crippen LogP) is 1.73. The average Bonchev–Trinajstić information content (AvgIpc) is 2.33. The Labute approximate surface area is 111 Å². The molecule has 0 aromatic heterocycles. The van der Waals surface area contributed by atoms with Crippen molar-refractivity contribution in [3.8, 4) is 11.5 Å². The van der Waals surface area contributed by atoms with E-state index in [-0.39, 0.29) is 29.3 Å². The summed E-state index contributed by atoms with van der Waals surface area (Å²) in [7, 11) is 0. The van der Waals surface area contributed by atoms with Crippen LogP contribution >= 0.6 is 0 Å². The lowest BCUT2D eigenvalue weighted by Gasteiger charge is -2.25. The Kier molecular flexibility index (Phi) is 3.95. The van der Waals surface area contributed by atoms with Crippen molar-refractivity contribution in [1.29, 1.82) is 0 Å². The summed E-state index contributed by atoms with van der Waals surface area (Å²) < 4.78 is 5.24. The van der Waals surface area contributed by atoms with Crippen LogP contribution in [0.25, 0.3) is 0 Å². The molecule has 1 aromatic rings. The smallest absolute Gasteiger partial charge is 0.342 e. The number of carbonyl (C=O) groups is 1. The molecule has 3 N–H and O–H groups in total. The number of hydrogen-bond donors (Lipinski definition) is 3. The first-order valence-corrected chi connectivity index (χ1v) is 6.42. The van der Waals surface area contributed by atoms with Crippen molar-refractivity contribution in [2.75, 3.05) is 0 Å². The lowest BCUT2D eigenvalue weighted by Crippen LogP contribution is -2.28. The number of ether oxygens (including phenoxy) is 1. The summed E-state index contributed by atoms with van der Waals surface area (Å²) in [6.45, 7) is 1.71. The normalized spacial score (nSPS) is 19.7. The number of benzene rings is 1. The molecule has 104 valence electrons. The monoisotopic (exact) mass is 266 g/mol. The van der Waals surface area contributed by atoms with Gasteiger partial charge in [-0.3, -0.25) is 0 Å². The molecule has 5 nitrogen and oxygen atoms in total. The third-order valence-electron chi connectivity index (χ3n) is 3.32. The van der Waals surface area contributed by atoms with E-state index < -0.39 is 5.97 Å².